The van der Waals surface area contributed by atoms with Gasteiger partial charge in [-0.2, -0.15) is 0 Å². The molecule has 1 aliphatic rings. The van der Waals surface area contributed by atoms with Crippen LogP contribution < -0.4 is 4.74 Å². The summed E-state index contributed by atoms with van der Waals surface area (Å²) < 4.78 is 10.9. The van der Waals surface area contributed by atoms with E-state index in [-0.39, 0.29) is 24.7 Å². The number of hydrogen-bond donors (Lipinski definition) is 1. The van der Waals surface area contributed by atoms with Gasteiger partial charge in [-0.3, -0.25) is 4.79 Å². The lowest BCUT2D eigenvalue weighted by molar-refractivity contribution is -0.160. The third kappa shape index (κ3) is 4.41. The second-order valence-electron chi connectivity index (χ2n) is 5.70. The molecule has 2 rings (SSSR count). The molecule has 7 heteroatoms. The second kappa shape index (κ2) is 7.41. The number of carbonyl (C=O) groups is 2. The number of carboxylic acids is 1. The number of pyridine rings is 1. The van der Waals surface area contributed by atoms with E-state index in [0.29, 0.717) is 18.0 Å². The first kappa shape index (κ1) is 17.2. The Morgan fingerprint density at radius 2 is 2.26 bits per heavy atom. The van der Waals surface area contributed by atoms with Gasteiger partial charge in [-0.05, 0) is 26.3 Å². The van der Waals surface area contributed by atoms with Crippen LogP contribution in [0.25, 0.3) is 0 Å². The van der Waals surface area contributed by atoms with Crippen LogP contribution in [0.3, 0.4) is 0 Å². The lowest BCUT2D eigenvalue weighted by Gasteiger charge is -2.35. The van der Waals surface area contributed by atoms with Crippen LogP contribution in [0, 0.1) is 0 Å². The molecule has 0 radical (unpaired) electrons. The van der Waals surface area contributed by atoms with E-state index < -0.39 is 12.1 Å². The van der Waals surface area contributed by atoms with Gasteiger partial charge in [0.1, 0.15) is 0 Å². The Kier molecular flexibility index (Phi) is 5.54. The van der Waals surface area contributed by atoms with Crippen LogP contribution in [0.4, 0.5) is 0 Å². The van der Waals surface area contributed by atoms with Gasteiger partial charge < -0.3 is 19.5 Å². The summed E-state index contributed by atoms with van der Waals surface area (Å²) in [5.41, 5.74) is 0.427. The van der Waals surface area contributed by atoms with Crippen LogP contribution >= 0.6 is 0 Å². The van der Waals surface area contributed by atoms with Crippen molar-refractivity contribution >= 4 is 11.9 Å². The van der Waals surface area contributed by atoms with Crippen LogP contribution in [-0.4, -0.2) is 58.3 Å². The molecule has 1 fully saturated rings. The van der Waals surface area contributed by atoms with E-state index in [0.717, 1.165) is 6.42 Å². The van der Waals surface area contributed by atoms with Crippen molar-refractivity contribution in [1.82, 2.24) is 9.88 Å². The van der Waals surface area contributed by atoms with E-state index in [1.165, 1.54) is 11.1 Å². The number of amides is 1. The number of carbonyl (C=O) groups excluding carboxylic acids is 1. The molecule has 1 aromatic heterocycles. The van der Waals surface area contributed by atoms with Crippen LogP contribution in [0.2, 0.25) is 0 Å². The fraction of sp³-hybridized carbons (Fsp3) is 0.562. The summed E-state index contributed by atoms with van der Waals surface area (Å²) in [4.78, 5) is 29.3. The van der Waals surface area contributed by atoms with Crippen molar-refractivity contribution in [3.63, 3.8) is 0 Å². The summed E-state index contributed by atoms with van der Waals surface area (Å²) in [7, 11) is 0. The molecule has 23 heavy (non-hydrogen) atoms. The standard InChI is InChI=1S/C16H22N2O5/c1-4-10(2)23-14-7-12(5-6-17-14)15(19)18-8-11(3)22-13(9-18)16(20)21/h5-7,10-11,13H,4,8-9H2,1-3H3,(H,20,21)/t10?,11-,13?/m1/s1. The van der Waals surface area contributed by atoms with Crippen molar-refractivity contribution < 1.29 is 24.2 Å². The minimum absolute atomic E-state index is 0.00708. The Morgan fingerprint density at radius 3 is 2.91 bits per heavy atom. The molecule has 3 atom stereocenters. The molecule has 126 valence electrons. The lowest BCUT2D eigenvalue weighted by Crippen LogP contribution is -2.51. The van der Waals surface area contributed by atoms with Gasteiger partial charge in [0, 0.05) is 24.4 Å². The van der Waals surface area contributed by atoms with Gasteiger partial charge in [0.2, 0.25) is 5.88 Å². The maximum atomic E-state index is 12.6. The fourth-order valence-corrected chi connectivity index (χ4v) is 2.33. The molecule has 7 nitrogen and oxygen atoms in total. The molecule has 0 bridgehead atoms. The third-order valence-electron chi connectivity index (χ3n) is 3.70. The zero-order valence-electron chi connectivity index (χ0n) is 13.6. The molecule has 1 N–H and O–H groups in total. The average Bonchev–Trinajstić information content (AvgIpc) is 2.53. The van der Waals surface area contributed by atoms with Crippen LogP contribution in [0.15, 0.2) is 18.3 Å². The highest BCUT2D eigenvalue weighted by atomic mass is 16.5. The number of morpholine rings is 1. The lowest BCUT2D eigenvalue weighted by atomic mass is 10.1. The van der Waals surface area contributed by atoms with E-state index in [4.69, 9.17) is 14.6 Å². The maximum Gasteiger partial charge on any atom is 0.334 e. The summed E-state index contributed by atoms with van der Waals surface area (Å²) in [6.45, 7) is 6.06. The molecule has 2 unspecified atom stereocenters. The summed E-state index contributed by atoms with van der Waals surface area (Å²) in [5.74, 6) is -0.922. The number of rotatable bonds is 5. The number of aliphatic carboxylic acids is 1. The molecular formula is C16H22N2O5. The van der Waals surface area contributed by atoms with E-state index in [9.17, 15) is 9.59 Å². The molecule has 1 saturated heterocycles. The first-order valence-electron chi connectivity index (χ1n) is 7.71. The summed E-state index contributed by atoms with van der Waals surface area (Å²) in [6.07, 6.45) is 1.03. The molecule has 0 aliphatic carbocycles. The van der Waals surface area contributed by atoms with E-state index in [2.05, 4.69) is 4.98 Å². The Labute approximate surface area is 135 Å². The maximum absolute atomic E-state index is 12.6. The second-order valence-corrected chi connectivity index (χ2v) is 5.70. The van der Waals surface area contributed by atoms with Crippen LogP contribution in [0.1, 0.15) is 37.6 Å². The molecule has 2 heterocycles. The quantitative estimate of drug-likeness (QED) is 0.885. The van der Waals surface area contributed by atoms with E-state index >= 15 is 0 Å². The van der Waals surface area contributed by atoms with E-state index in [1.54, 1.807) is 19.1 Å². The van der Waals surface area contributed by atoms with Crippen LogP contribution in [0.5, 0.6) is 5.88 Å². The van der Waals surface area contributed by atoms with Crippen molar-refractivity contribution in [1.29, 1.82) is 0 Å². The summed E-state index contributed by atoms with van der Waals surface area (Å²) in [6, 6.07) is 3.19. The predicted molar refractivity (Wildman–Crippen MR) is 82.5 cm³/mol. The van der Waals surface area contributed by atoms with Gasteiger partial charge in [0.25, 0.3) is 5.91 Å². The SMILES string of the molecule is CCC(C)Oc1cc(C(=O)N2CC(C(=O)O)O[C@H](C)C2)ccn1. The fourth-order valence-electron chi connectivity index (χ4n) is 2.33. The molecule has 0 spiro atoms. The van der Waals surface area contributed by atoms with Gasteiger partial charge in [-0.15, -0.1) is 0 Å². The Morgan fingerprint density at radius 1 is 1.52 bits per heavy atom. The van der Waals surface area contributed by atoms with Gasteiger partial charge in [-0.1, -0.05) is 6.92 Å². The third-order valence-corrected chi connectivity index (χ3v) is 3.70. The molecule has 0 saturated carbocycles. The number of aromatic nitrogens is 1. The smallest absolute Gasteiger partial charge is 0.334 e. The zero-order valence-corrected chi connectivity index (χ0v) is 13.6. The molecule has 1 aromatic rings. The first-order valence-corrected chi connectivity index (χ1v) is 7.71. The van der Waals surface area contributed by atoms with E-state index in [1.807, 2.05) is 13.8 Å². The highest BCUT2D eigenvalue weighted by molar-refractivity contribution is 5.94. The minimum Gasteiger partial charge on any atom is -0.479 e. The number of ether oxygens (including phenoxy) is 2. The zero-order chi connectivity index (χ0) is 17.0. The summed E-state index contributed by atoms with van der Waals surface area (Å²) >= 11 is 0. The topological polar surface area (TPSA) is 89.0 Å². The van der Waals surface area contributed by atoms with Crippen molar-refractivity contribution in [2.45, 2.75) is 45.5 Å². The number of nitrogens with zero attached hydrogens (tertiary/aromatic N) is 2. The van der Waals surface area contributed by atoms with Crippen molar-refractivity contribution in [2.75, 3.05) is 13.1 Å². The predicted octanol–water partition coefficient (Wildman–Crippen LogP) is 1.57. The number of carboxylic acid groups (broad SMARTS) is 1. The Balaban J connectivity index is 2.13. The van der Waals surface area contributed by atoms with Crippen molar-refractivity contribution in [2.24, 2.45) is 0 Å². The average molecular weight is 322 g/mol. The van der Waals surface area contributed by atoms with Gasteiger partial charge in [0.15, 0.2) is 6.10 Å². The largest absolute Gasteiger partial charge is 0.479 e. The summed E-state index contributed by atoms with van der Waals surface area (Å²) in [5, 5.41) is 9.10. The number of hydrogen-bond acceptors (Lipinski definition) is 5. The molecular weight excluding hydrogens is 300 g/mol. The highest BCUT2D eigenvalue weighted by Crippen LogP contribution is 2.18. The Hall–Kier alpha value is -2.15. The van der Waals surface area contributed by atoms with Gasteiger partial charge >= 0.3 is 5.97 Å². The van der Waals surface area contributed by atoms with Crippen molar-refractivity contribution in [3.8, 4) is 5.88 Å². The normalized spacial score (nSPS) is 22.5. The Bertz CT molecular complexity index is 577. The molecule has 1 amide bonds. The van der Waals surface area contributed by atoms with Gasteiger partial charge in [0.05, 0.1) is 18.8 Å². The van der Waals surface area contributed by atoms with Gasteiger partial charge in [-0.25, -0.2) is 9.78 Å². The molecule has 1 aliphatic heterocycles. The first-order chi connectivity index (χ1) is 10.9. The molecule has 0 aromatic carbocycles. The van der Waals surface area contributed by atoms with Crippen molar-refractivity contribution in [3.05, 3.63) is 23.9 Å². The monoisotopic (exact) mass is 322 g/mol. The van der Waals surface area contributed by atoms with Crippen LogP contribution in [-0.2, 0) is 9.53 Å². The minimum atomic E-state index is -1.06. The highest BCUT2D eigenvalue weighted by Gasteiger charge is 2.33.